The van der Waals surface area contributed by atoms with Gasteiger partial charge in [0.2, 0.25) is 0 Å². The van der Waals surface area contributed by atoms with Crippen LogP contribution in [0.1, 0.15) is 12.8 Å². The smallest absolute Gasteiger partial charge is 0.144 e. The molecule has 0 N–H and O–H groups in total. The highest BCUT2D eigenvalue weighted by Gasteiger charge is 2.20. The monoisotopic (exact) mass is 114 g/mol. The lowest BCUT2D eigenvalue weighted by molar-refractivity contribution is 0.318. The molecule has 0 spiro atoms. The maximum absolute atomic E-state index is 9.93. The van der Waals surface area contributed by atoms with Gasteiger partial charge in [0.1, 0.15) is 6.17 Å². The lowest BCUT2D eigenvalue weighted by atomic mass is 10.3. The van der Waals surface area contributed by atoms with Crippen LogP contribution >= 0.6 is 0 Å². The molecule has 1 rings (SSSR count). The molecule has 3 nitrogen and oxygen atoms in total. The van der Waals surface area contributed by atoms with E-state index in [4.69, 9.17) is 0 Å². The highest BCUT2D eigenvalue weighted by Crippen LogP contribution is 2.14. The van der Waals surface area contributed by atoms with Gasteiger partial charge in [-0.25, -0.2) is 0 Å². The highest BCUT2D eigenvalue weighted by molar-refractivity contribution is 4.72. The zero-order chi connectivity index (χ0) is 5.98. The Morgan fingerprint density at radius 2 is 2.50 bits per heavy atom. The molecule has 1 aliphatic heterocycles. The van der Waals surface area contributed by atoms with Gasteiger partial charge in [0, 0.05) is 6.54 Å². The second-order valence-electron chi connectivity index (χ2n) is 2.21. The molecule has 1 fully saturated rings. The minimum atomic E-state index is -0.0324. The number of hydrogen-bond donors (Lipinski definition) is 0. The Balaban J connectivity index is 2.41. The first-order chi connectivity index (χ1) is 3.84. The van der Waals surface area contributed by atoms with Crippen LogP contribution in [0.15, 0.2) is 5.18 Å². The largest absolute Gasteiger partial charge is 0.282 e. The molecule has 3 heteroatoms. The summed E-state index contributed by atoms with van der Waals surface area (Å²) in [7, 11) is 1.93. The van der Waals surface area contributed by atoms with E-state index in [0.29, 0.717) is 0 Å². The molecule has 8 heavy (non-hydrogen) atoms. The molecule has 0 radical (unpaired) electrons. The first kappa shape index (κ1) is 5.69. The molecule has 1 unspecified atom stereocenters. The van der Waals surface area contributed by atoms with Crippen LogP contribution in [-0.2, 0) is 0 Å². The lowest BCUT2D eigenvalue weighted by Gasteiger charge is -2.09. The molecule has 1 saturated heterocycles. The van der Waals surface area contributed by atoms with Crippen molar-refractivity contribution in [1.29, 1.82) is 0 Å². The maximum Gasteiger partial charge on any atom is 0.144 e. The van der Waals surface area contributed by atoms with Crippen LogP contribution in [0.2, 0.25) is 0 Å². The summed E-state index contributed by atoms with van der Waals surface area (Å²) in [4.78, 5) is 11.9. The summed E-state index contributed by atoms with van der Waals surface area (Å²) < 4.78 is 0. The van der Waals surface area contributed by atoms with Crippen molar-refractivity contribution < 1.29 is 0 Å². The number of rotatable bonds is 1. The quantitative estimate of drug-likeness (QED) is 0.472. The third kappa shape index (κ3) is 0.865. The van der Waals surface area contributed by atoms with Gasteiger partial charge in [-0.05, 0) is 19.9 Å². The van der Waals surface area contributed by atoms with Gasteiger partial charge in [-0.2, -0.15) is 0 Å². The Morgan fingerprint density at radius 3 is 2.75 bits per heavy atom. The molecule has 0 aromatic heterocycles. The molecule has 46 valence electrons. The van der Waals surface area contributed by atoms with Crippen LogP contribution in [0.4, 0.5) is 0 Å². The third-order valence-corrected chi connectivity index (χ3v) is 1.60. The minimum Gasteiger partial charge on any atom is -0.282 e. The minimum absolute atomic E-state index is 0.0324. The third-order valence-electron chi connectivity index (χ3n) is 1.60. The summed E-state index contributed by atoms with van der Waals surface area (Å²) in [6.07, 6.45) is 2.03. The Bertz CT molecular complexity index is 94.4. The number of nitroso groups, excluding NO2 is 1. The second kappa shape index (κ2) is 2.22. The van der Waals surface area contributed by atoms with Crippen molar-refractivity contribution in [3.63, 3.8) is 0 Å². The Morgan fingerprint density at radius 1 is 1.75 bits per heavy atom. The molecule has 1 aliphatic rings. The van der Waals surface area contributed by atoms with Crippen molar-refractivity contribution in [1.82, 2.24) is 4.90 Å². The van der Waals surface area contributed by atoms with Crippen molar-refractivity contribution in [2.24, 2.45) is 5.18 Å². The normalized spacial score (nSPS) is 30.9. The second-order valence-corrected chi connectivity index (χ2v) is 2.21. The van der Waals surface area contributed by atoms with Crippen LogP contribution in [0, 0.1) is 4.91 Å². The number of likely N-dealkylation sites (tertiary alicyclic amines) is 1. The molecule has 0 aromatic rings. The molecular formula is C5H10N2O. The summed E-state index contributed by atoms with van der Waals surface area (Å²) >= 11 is 0. The summed E-state index contributed by atoms with van der Waals surface area (Å²) in [6.45, 7) is 1.02. The van der Waals surface area contributed by atoms with Gasteiger partial charge in [0.15, 0.2) is 0 Å². The average Bonchev–Trinajstić information content (AvgIpc) is 2.14. The van der Waals surface area contributed by atoms with E-state index in [-0.39, 0.29) is 6.17 Å². The zero-order valence-electron chi connectivity index (χ0n) is 5.00. The van der Waals surface area contributed by atoms with Gasteiger partial charge in [-0.15, -0.1) is 4.91 Å². The fourth-order valence-corrected chi connectivity index (χ4v) is 1.03. The summed E-state index contributed by atoms with van der Waals surface area (Å²) in [6, 6.07) is 0. The van der Waals surface area contributed by atoms with Gasteiger partial charge in [0.05, 0.1) is 0 Å². The first-order valence-corrected chi connectivity index (χ1v) is 2.87. The Hall–Kier alpha value is -0.440. The summed E-state index contributed by atoms with van der Waals surface area (Å²) in [5, 5.41) is 2.94. The predicted octanol–water partition coefficient (Wildman–Crippen LogP) is 0.804. The molecule has 1 atom stereocenters. The van der Waals surface area contributed by atoms with Crippen molar-refractivity contribution in [3.05, 3.63) is 4.91 Å². The highest BCUT2D eigenvalue weighted by atomic mass is 16.3. The van der Waals surface area contributed by atoms with E-state index in [0.717, 1.165) is 19.4 Å². The van der Waals surface area contributed by atoms with E-state index >= 15 is 0 Å². The lowest BCUT2D eigenvalue weighted by Crippen LogP contribution is -2.21. The molecule has 0 aliphatic carbocycles. The standard InChI is InChI=1S/C5H10N2O/c1-7-4-2-3-5(7)6-8/h5H,2-4H2,1H3. The van der Waals surface area contributed by atoms with E-state index < -0.39 is 0 Å². The fraction of sp³-hybridized carbons (Fsp3) is 1.00. The van der Waals surface area contributed by atoms with Crippen molar-refractivity contribution in [2.45, 2.75) is 19.0 Å². The average molecular weight is 114 g/mol. The number of hydrogen-bond acceptors (Lipinski definition) is 3. The van der Waals surface area contributed by atoms with E-state index in [1.807, 2.05) is 11.9 Å². The van der Waals surface area contributed by atoms with Crippen molar-refractivity contribution in [2.75, 3.05) is 13.6 Å². The van der Waals surface area contributed by atoms with E-state index in [2.05, 4.69) is 5.18 Å². The van der Waals surface area contributed by atoms with Crippen molar-refractivity contribution in [3.8, 4) is 0 Å². The van der Waals surface area contributed by atoms with Crippen LogP contribution < -0.4 is 0 Å². The van der Waals surface area contributed by atoms with Crippen LogP contribution in [-0.4, -0.2) is 24.7 Å². The molecule has 1 heterocycles. The van der Waals surface area contributed by atoms with Gasteiger partial charge in [-0.1, -0.05) is 5.18 Å². The van der Waals surface area contributed by atoms with Crippen LogP contribution in [0.5, 0.6) is 0 Å². The topological polar surface area (TPSA) is 32.7 Å². The number of nitrogens with zero attached hydrogens (tertiary/aromatic N) is 2. The van der Waals surface area contributed by atoms with E-state index in [1.54, 1.807) is 0 Å². The van der Waals surface area contributed by atoms with Gasteiger partial charge in [-0.3, -0.25) is 4.90 Å². The maximum atomic E-state index is 9.93. The fourth-order valence-electron chi connectivity index (χ4n) is 1.03. The van der Waals surface area contributed by atoms with E-state index in [9.17, 15) is 4.91 Å². The molecule has 0 bridgehead atoms. The Kier molecular flexibility index (Phi) is 1.58. The SMILES string of the molecule is CN1CCCC1N=O. The van der Waals surface area contributed by atoms with Crippen LogP contribution in [0.3, 0.4) is 0 Å². The zero-order valence-corrected chi connectivity index (χ0v) is 5.00. The predicted molar refractivity (Wildman–Crippen MR) is 31.4 cm³/mol. The van der Waals surface area contributed by atoms with Crippen LogP contribution in [0.25, 0.3) is 0 Å². The van der Waals surface area contributed by atoms with E-state index in [1.165, 1.54) is 0 Å². The molecule has 0 saturated carbocycles. The first-order valence-electron chi connectivity index (χ1n) is 2.87. The summed E-state index contributed by atoms with van der Waals surface area (Å²) in [5.74, 6) is 0. The Labute approximate surface area is 48.6 Å². The van der Waals surface area contributed by atoms with Gasteiger partial charge in [0.25, 0.3) is 0 Å². The molecule has 0 aromatic carbocycles. The van der Waals surface area contributed by atoms with Gasteiger partial charge < -0.3 is 0 Å². The van der Waals surface area contributed by atoms with Gasteiger partial charge >= 0.3 is 0 Å². The summed E-state index contributed by atoms with van der Waals surface area (Å²) in [5.41, 5.74) is 0. The molecular weight excluding hydrogens is 104 g/mol. The van der Waals surface area contributed by atoms with Crippen molar-refractivity contribution >= 4 is 0 Å². The molecule has 0 amide bonds.